The number of ketones is 1. The Kier molecular flexibility index (Phi) is 3.26. The van der Waals surface area contributed by atoms with Crippen molar-refractivity contribution in [2.45, 2.75) is 31.7 Å². The molecular weight excluding hydrogens is 196 g/mol. The monoisotopic (exact) mass is 210 g/mol. The maximum atomic E-state index is 11.7. The van der Waals surface area contributed by atoms with Crippen molar-refractivity contribution in [1.82, 2.24) is 10.3 Å². The number of hydrogen-bond acceptors (Lipinski definition) is 4. The molecule has 2 heterocycles. The Hall–Kier alpha value is -0.740. The van der Waals surface area contributed by atoms with E-state index in [-0.39, 0.29) is 5.78 Å². The molecule has 0 aliphatic carbocycles. The maximum Gasteiger partial charge on any atom is 0.175 e. The molecule has 4 heteroatoms. The van der Waals surface area contributed by atoms with E-state index in [9.17, 15) is 4.79 Å². The molecule has 1 atom stereocenters. The van der Waals surface area contributed by atoms with Gasteiger partial charge < -0.3 is 5.32 Å². The van der Waals surface area contributed by atoms with Gasteiger partial charge in [-0.2, -0.15) is 0 Å². The molecule has 0 bridgehead atoms. The number of piperidine rings is 1. The molecule has 0 saturated carbocycles. The lowest BCUT2D eigenvalue weighted by Gasteiger charge is -2.22. The van der Waals surface area contributed by atoms with Gasteiger partial charge in [-0.05, 0) is 19.4 Å². The number of nitrogens with zero attached hydrogens (tertiary/aromatic N) is 1. The topological polar surface area (TPSA) is 42.0 Å². The predicted octanol–water partition coefficient (Wildman–Crippen LogP) is 1.86. The normalized spacial score (nSPS) is 22.1. The van der Waals surface area contributed by atoms with Crippen LogP contribution in [0.1, 0.15) is 35.4 Å². The van der Waals surface area contributed by atoms with Crippen molar-refractivity contribution in [3.05, 3.63) is 16.6 Å². The summed E-state index contributed by atoms with van der Waals surface area (Å²) in [4.78, 5) is 16.4. The van der Waals surface area contributed by atoms with E-state index in [1.807, 2.05) is 0 Å². The van der Waals surface area contributed by atoms with Crippen LogP contribution >= 0.6 is 11.3 Å². The van der Waals surface area contributed by atoms with Crippen LogP contribution in [-0.2, 0) is 0 Å². The van der Waals surface area contributed by atoms with Crippen LogP contribution in [0.2, 0.25) is 0 Å². The van der Waals surface area contributed by atoms with E-state index in [4.69, 9.17) is 0 Å². The van der Waals surface area contributed by atoms with Crippen molar-refractivity contribution in [1.29, 1.82) is 0 Å². The first kappa shape index (κ1) is 9.80. The molecule has 1 aliphatic heterocycles. The number of carbonyl (C=O) groups is 1. The van der Waals surface area contributed by atoms with Crippen LogP contribution < -0.4 is 5.32 Å². The van der Waals surface area contributed by atoms with Gasteiger partial charge in [-0.15, -0.1) is 11.3 Å². The van der Waals surface area contributed by atoms with Crippen LogP contribution in [0, 0.1) is 0 Å². The summed E-state index contributed by atoms with van der Waals surface area (Å²) in [5.41, 5.74) is 1.71. The van der Waals surface area contributed by atoms with E-state index >= 15 is 0 Å². The molecule has 0 radical (unpaired) electrons. The van der Waals surface area contributed by atoms with Gasteiger partial charge in [-0.25, -0.2) is 0 Å². The van der Waals surface area contributed by atoms with Gasteiger partial charge in [0, 0.05) is 18.7 Å². The fourth-order valence-electron chi connectivity index (χ4n) is 1.78. The summed E-state index contributed by atoms with van der Waals surface area (Å²) in [6.45, 7) is 1.06. The summed E-state index contributed by atoms with van der Waals surface area (Å²) in [6, 6.07) is 0.387. The highest BCUT2D eigenvalue weighted by Gasteiger charge is 2.17. The third-order valence-corrected chi connectivity index (χ3v) is 3.37. The molecule has 0 aromatic carbocycles. The highest BCUT2D eigenvalue weighted by molar-refractivity contribution is 7.11. The Morgan fingerprint density at radius 2 is 2.57 bits per heavy atom. The smallest absolute Gasteiger partial charge is 0.175 e. The first-order valence-electron chi connectivity index (χ1n) is 5.01. The Bertz CT molecular complexity index is 291. The molecule has 1 saturated heterocycles. The van der Waals surface area contributed by atoms with Gasteiger partial charge in [0.1, 0.15) is 0 Å². The first-order valence-corrected chi connectivity index (χ1v) is 5.89. The summed E-state index contributed by atoms with van der Waals surface area (Å²) >= 11 is 1.43. The SMILES string of the molecule is O=C(CC1CCCCN1)c1cncs1. The standard InChI is InChI=1S/C10H14N2OS/c13-9(10-6-11-7-14-10)5-8-3-1-2-4-12-8/h6-8,12H,1-5H2. The Morgan fingerprint density at radius 1 is 1.64 bits per heavy atom. The third kappa shape index (κ3) is 2.39. The molecule has 14 heavy (non-hydrogen) atoms. The average molecular weight is 210 g/mol. The molecule has 3 nitrogen and oxygen atoms in total. The van der Waals surface area contributed by atoms with Crippen molar-refractivity contribution in [2.75, 3.05) is 6.54 Å². The zero-order valence-electron chi connectivity index (χ0n) is 8.03. The van der Waals surface area contributed by atoms with E-state index < -0.39 is 0 Å². The Labute approximate surface area is 87.6 Å². The average Bonchev–Trinajstić information content (AvgIpc) is 2.72. The molecule has 1 aliphatic rings. The minimum atomic E-state index is 0.229. The molecule has 1 aromatic rings. The summed E-state index contributed by atoms with van der Waals surface area (Å²) in [7, 11) is 0. The molecule has 0 spiro atoms. The van der Waals surface area contributed by atoms with Crippen molar-refractivity contribution in [2.24, 2.45) is 0 Å². The van der Waals surface area contributed by atoms with Crippen molar-refractivity contribution in [3.63, 3.8) is 0 Å². The number of nitrogens with one attached hydrogen (secondary N) is 1. The lowest BCUT2D eigenvalue weighted by Crippen LogP contribution is -2.35. The van der Waals surface area contributed by atoms with Gasteiger partial charge in [0.25, 0.3) is 0 Å². The van der Waals surface area contributed by atoms with Gasteiger partial charge >= 0.3 is 0 Å². The molecule has 1 unspecified atom stereocenters. The van der Waals surface area contributed by atoms with E-state index in [0.29, 0.717) is 12.5 Å². The molecule has 0 amide bonds. The lowest BCUT2D eigenvalue weighted by atomic mass is 10.00. The summed E-state index contributed by atoms with van der Waals surface area (Å²) in [6.07, 6.45) is 5.90. The van der Waals surface area contributed by atoms with Crippen LogP contribution in [0.4, 0.5) is 0 Å². The highest BCUT2D eigenvalue weighted by atomic mass is 32.1. The van der Waals surface area contributed by atoms with Crippen LogP contribution in [0.5, 0.6) is 0 Å². The molecule has 1 aromatic heterocycles. The Balaban J connectivity index is 1.87. The van der Waals surface area contributed by atoms with Gasteiger partial charge in [-0.1, -0.05) is 6.42 Å². The lowest BCUT2D eigenvalue weighted by molar-refractivity contribution is 0.0967. The van der Waals surface area contributed by atoms with Crippen molar-refractivity contribution in [3.8, 4) is 0 Å². The number of hydrogen-bond donors (Lipinski definition) is 1. The number of rotatable bonds is 3. The number of aromatic nitrogens is 1. The fourth-order valence-corrected chi connectivity index (χ4v) is 2.35. The quantitative estimate of drug-likeness (QED) is 0.774. The summed E-state index contributed by atoms with van der Waals surface area (Å²) in [5.74, 6) is 0.229. The summed E-state index contributed by atoms with van der Waals surface area (Å²) < 4.78 is 0. The Morgan fingerprint density at radius 3 is 3.21 bits per heavy atom. The fraction of sp³-hybridized carbons (Fsp3) is 0.600. The van der Waals surface area contributed by atoms with Gasteiger partial charge in [0.15, 0.2) is 5.78 Å². The van der Waals surface area contributed by atoms with Gasteiger partial charge in [-0.3, -0.25) is 9.78 Å². The second-order valence-electron chi connectivity index (χ2n) is 3.64. The van der Waals surface area contributed by atoms with E-state index in [1.54, 1.807) is 11.7 Å². The van der Waals surface area contributed by atoms with E-state index in [0.717, 1.165) is 17.8 Å². The van der Waals surface area contributed by atoms with Crippen LogP contribution in [0.25, 0.3) is 0 Å². The number of thiazole rings is 1. The molecule has 1 N–H and O–H groups in total. The zero-order chi connectivity index (χ0) is 9.80. The van der Waals surface area contributed by atoms with Crippen LogP contribution in [-0.4, -0.2) is 23.4 Å². The van der Waals surface area contributed by atoms with Crippen LogP contribution in [0.3, 0.4) is 0 Å². The third-order valence-electron chi connectivity index (χ3n) is 2.55. The predicted molar refractivity (Wildman–Crippen MR) is 56.7 cm³/mol. The minimum Gasteiger partial charge on any atom is -0.314 e. The summed E-state index contributed by atoms with van der Waals surface area (Å²) in [5, 5.41) is 3.38. The van der Waals surface area contributed by atoms with Crippen molar-refractivity contribution < 1.29 is 4.79 Å². The zero-order valence-corrected chi connectivity index (χ0v) is 8.85. The second kappa shape index (κ2) is 4.66. The van der Waals surface area contributed by atoms with E-state index in [2.05, 4.69) is 10.3 Å². The minimum absolute atomic E-state index is 0.229. The first-order chi connectivity index (χ1) is 6.86. The van der Waals surface area contributed by atoms with Crippen molar-refractivity contribution >= 4 is 17.1 Å². The van der Waals surface area contributed by atoms with Gasteiger partial charge in [0.05, 0.1) is 10.4 Å². The largest absolute Gasteiger partial charge is 0.314 e. The number of carbonyl (C=O) groups excluding carboxylic acids is 1. The number of Topliss-reactive ketones (excluding diaryl/α,β-unsaturated/α-hetero) is 1. The van der Waals surface area contributed by atoms with Gasteiger partial charge in [0.2, 0.25) is 0 Å². The molecule has 2 rings (SSSR count). The highest BCUT2D eigenvalue weighted by Crippen LogP contribution is 2.15. The van der Waals surface area contributed by atoms with Crippen LogP contribution in [0.15, 0.2) is 11.7 Å². The maximum absolute atomic E-state index is 11.7. The second-order valence-corrected chi connectivity index (χ2v) is 4.53. The van der Waals surface area contributed by atoms with E-state index in [1.165, 1.54) is 24.2 Å². The molecule has 76 valence electrons. The molecule has 1 fully saturated rings. The molecular formula is C10H14N2OS.